The van der Waals surface area contributed by atoms with Crippen LogP contribution >= 0.6 is 0 Å². The number of amides is 1. The van der Waals surface area contributed by atoms with E-state index in [4.69, 9.17) is 4.74 Å². The normalized spacial score (nSPS) is 16.6. The lowest BCUT2D eigenvalue weighted by Crippen LogP contribution is -2.49. The van der Waals surface area contributed by atoms with E-state index in [9.17, 15) is 13.2 Å². The van der Waals surface area contributed by atoms with Crippen molar-refractivity contribution in [1.82, 2.24) is 14.9 Å². The standard InChI is InChI=1S/C14H29N3O4S/c1-3-9-17(13-5-7-15-8-6-13)14(18)12-16-22(19,20)11-10-21-4-2/h13,15-16H,3-12H2,1-2H3. The fraction of sp³-hybridized carbons (Fsp3) is 0.929. The highest BCUT2D eigenvalue weighted by Gasteiger charge is 2.25. The molecule has 22 heavy (non-hydrogen) atoms. The van der Waals surface area contributed by atoms with E-state index in [1.807, 2.05) is 18.7 Å². The number of hydrogen-bond acceptors (Lipinski definition) is 5. The van der Waals surface area contributed by atoms with Crippen LogP contribution in [0.5, 0.6) is 0 Å². The van der Waals surface area contributed by atoms with E-state index in [0.717, 1.165) is 32.4 Å². The molecule has 8 heteroatoms. The monoisotopic (exact) mass is 335 g/mol. The molecule has 0 spiro atoms. The van der Waals surface area contributed by atoms with Gasteiger partial charge in [0.25, 0.3) is 0 Å². The molecule has 1 rings (SSSR count). The highest BCUT2D eigenvalue weighted by molar-refractivity contribution is 7.89. The minimum absolute atomic E-state index is 0.116. The average molecular weight is 335 g/mol. The van der Waals surface area contributed by atoms with Crippen LogP contribution in [0, 0.1) is 0 Å². The number of carbonyl (C=O) groups excluding carboxylic acids is 1. The quantitative estimate of drug-likeness (QED) is 0.546. The van der Waals surface area contributed by atoms with Crippen LogP contribution in [0.15, 0.2) is 0 Å². The molecule has 1 fully saturated rings. The van der Waals surface area contributed by atoms with Crippen LogP contribution < -0.4 is 10.0 Å². The second-order valence-corrected chi connectivity index (χ2v) is 7.33. The molecule has 1 heterocycles. The second-order valence-electron chi connectivity index (χ2n) is 5.41. The van der Waals surface area contributed by atoms with Crippen LogP contribution in [-0.4, -0.2) is 70.4 Å². The number of nitrogens with zero attached hydrogens (tertiary/aromatic N) is 1. The minimum Gasteiger partial charge on any atom is -0.381 e. The Morgan fingerprint density at radius 3 is 2.59 bits per heavy atom. The second kappa shape index (κ2) is 10.1. The summed E-state index contributed by atoms with van der Waals surface area (Å²) in [5, 5.41) is 3.27. The summed E-state index contributed by atoms with van der Waals surface area (Å²) in [4.78, 5) is 14.2. The summed E-state index contributed by atoms with van der Waals surface area (Å²) in [6.45, 7) is 6.76. The van der Waals surface area contributed by atoms with Crippen LogP contribution in [0.2, 0.25) is 0 Å². The topological polar surface area (TPSA) is 87.7 Å². The van der Waals surface area contributed by atoms with Gasteiger partial charge in [-0.2, -0.15) is 0 Å². The fourth-order valence-corrected chi connectivity index (χ4v) is 3.35. The van der Waals surface area contributed by atoms with Gasteiger partial charge < -0.3 is 15.0 Å². The Morgan fingerprint density at radius 1 is 1.32 bits per heavy atom. The van der Waals surface area contributed by atoms with E-state index >= 15 is 0 Å². The Balaban J connectivity index is 2.48. The highest BCUT2D eigenvalue weighted by Crippen LogP contribution is 2.12. The molecule has 1 aliphatic rings. The zero-order valence-electron chi connectivity index (χ0n) is 13.6. The molecule has 0 bridgehead atoms. The van der Waals surface area contributed by atoms with Gasteiger partial charge in [-0.25, -0.2) is 13.1 Å². The number of carbonyl (C=O) groups is 1. The molecule has 0 aliphatic carbocycles. The van der Waals surface area contributed by atoms with Gasteiger partial charge in [0.05, 0.1) is 18.9 Å². The first-order valence-electron chi connectivity index (χ1n) is 8.05. The summed E-state index contributed by atoms with van der Waals surface area (Å²) in [5.74, 6) is -0.261. The lowest BCUT2D eigenvalue weighted by molar-refractivity contribution is -0.132. The zero-order chi connectivity index (χ0) is 16.4. The lowest BCUT2D eigenvalue weighted by atomic mass is 10.0. The molecule has 130 valence electrons. The average Bonchev–Trinajstić information content (AvgIpc) is 2.51. The van der Waals surface area contributed by atoms with Crippen LogP contribution in [-0.2, 0) is 19.6 Å². The number of nitrogens with one attached hydrogen (secondary N) is 2. The Labute approximate surface area is 133 Å². The van der Waals surface area contributed by atoms with Crippen LogP contribution in [0.3, 0.4) is 0 Å². The minimum atomic E-state index is -3.46. The van der Waals surface area contributed by atoms with Crippen LogP contribution in [0.4, 0.5) is 0 Å². The van der Waals surface area contributed by atoms with Gasteiger partial charge in [-0.3, -0.25) is 4.79 Å². The summed E-state index contributed by atoms with van der Waals surface area (Å²) < 4.78 is 31.0. The van der Waals surface area contributed by atoms with E-state index in [2.05, 4.69) is 10.0 Å². The summed E-state index contributed by atoms with van der Waals surface area (Å²) >= 11 is 0. The van der Waals surface area contributed by atoms with Crippen LogP contribution in [0.1, 0.15) is 33.1 Å². The molecule has 1 saturated heterocycles. The molecule has 0 atom stereocenters. The van der Waals surface area contributed by atoms with Gasteiger partial charge in [-0.1, -0.05) is 6.92 Å². The predicted molar refractivity (Wildman–Crippen MR) is 86.2 cm³/mol. The number of ether oxygens (including phenoxy) is 1. The first kappa shape index (κ1) is 19.3. The molecular weight excluding hydrogens is 306 g/mol. The van der Waals surface area contributed by atoms with E-state index < -0.39 is 10.0 Å². The molecule has 1 amide bonds. The smallest absolute Gasteiger partial charge is 0.237 e. The molecule has 1 aliphatic heterocycles. The first-order valence-corrected chi connectivity index (χ1v) is 9.70. The van der Waals surface area contributed by atoms with Crippen molar-refractivity contribution in [3.8, 4) is 0 Å². The van der Waals surface area contributed by atoms with Crippen molar-refractivity contribution in [2.75, 3.05) is 45.1 Å². The summed E-state index contributed by atoms with van der Waals surface area (Å²) in [5.41, 5.74) is 0. The maximum atomic E-state index is 12.4. The first-order chi connectivity index (χ1) is 10.5. The SMILES string of the molecule is CCCN(C(=O)CNS(=O)(=O)CCOCC)C1CCNCC1. The van der Waals surface area contributed by atoms with Crippen molar-refractivity contribution < 1.29 is 17.9 Å². The van der Waals surface area contributed by atoms with Crippen molar-refractivity contribution in [3.05, 3.63) is 0 Å². The summed E-state index contributed by atoms with van der Waals surface area (Å²) in [6, 6.07) is 0.210. The van der Waals surface area contributed by atoms with Gasteiger partial charge in [0.15, 0.2) is 0 Å². The molecule has 2 N–H and O–H groups in total. The highest BCUT2D eigenvalue weighted by atomic mass is 32.2. The number of hydrogen-bond donors (Lipinski definition) is 2. The van der Waals surface area contributed by atoms with Gasteiger partial charge in [0.2, 0.25) is 15.9 Å². The molecule has 0 unspecified atom stereocenters. The largest absolute Gasteiger partial charge is 0.381 e. The van der Waals surface area contributed by atoms with Crippen molar-refractivity contribution in [2.45, 2.75) is 39.2 Å². The molecule has 7 nitrogen and oxygen atoms in total. The zero-order valence-corrected chi connectivity index (χ0v) is 14.5. The molecule has 0 saturated carbocycles. The Kier molecular flexibility index (Phi) is 8.92. The van der Waals surface area contributed by atoms with Gasteiger partial charge in [0, 0.05) is 19.2 Å². The number of rotatable bonds is 10. The van der Waals surface area contributed by atoms with E-state index in [1.54, 1.807) is 0 Å². The van der Waals surface area contributed by atoms with Crippen molar-refractivity contribution in [3.63, 3.8) is 0 Å². The van der Waals surface area contributed by atoms with Crippen molar-refractivity contribution in [2.24, 2.45) is 0 Å². The summed E-state index contributed by atoms with van der Waals surface area (Å²) in [7, 11) is -3.46. The van der Waals surface area contributed by atoms with Gasteiger partial charge >= 0.3 is 0 Å². The molecule has 0 radical (unpaired) electrons. The van der Waals surface area contributed by atoms with Crippen molar-refractivity contribution in [1.29, 1.82) is 0 Å². The molecule has 0 aromatic heterocycles. The van der Waals surface area contributed by atoms with E-state index in [-0.39, 0.29) is 30.9 Å². The van der Waals surface area contributed by atoms with E-state index in [1.165, 1.54) is 0 Å². The Hall–Kier alpha value is -0.700. The molecule has 0 aromatic rings. The maximum Gasteiger partial charge on any atom is 0.237 e. The van der Waals surface area contributed by atoms with E-state index in [0.29, 0.717) is 13.2 Å². The number of piperidine rings is 1. The Morgan fingerprint density at radius 2 is 2.00 bits per heavy atom. The van der Waals surface area contributed by atoms with Gasteiger partial charge in [0.1, 0.15) is 0 Å². The lowest BCUT2D eigenvalue weighted by Gasteiger charge is -2.34. The van der Waals surface area contributed by atoms with Crippen LogP contribution in [0.25, 0.3) is 0 Å². The van der Waals surface area contributed by atoms with Gasteiger partial charge in [-0.15, -0.1) is 0 Å². The summed E-state index contributed by atoms with van der Waals surface area (Å²) in [6.07, 6.45) is 2.71. The third kappa shape index (κ3) is 7.04. The number of sulfonamides is 1. The van der Waals surface area contributed by atoms with Gasteiger partial charge in [-0.05, 0) is 39.3 Å². The molecular formula is C14H29N3O4S. The van der Waals surface area contributed by atoms with Crippen molar-refractivity contribution >= 4 is 15.9 Å². The predicted octanol–water partition coefficient (Wildman–Crippen LogP) is -0.0671. The third-order valence-electron chi connectivity index (χ3n) is 3.68. The maximum absolute atomic E-state index is 12.4. The third-order valence-corrected chi connectivity index (χ3v) is 4.97. The fourth-order valence-electron chi connectivity index (χ4n) is 2.53. The molecule has 0 aromatic carbocycles. The Bertz CT molecular complexity index is 422.